The van der Waals surface area contributed by atoms with Crippen molar-refractivity contribution in [3.63, 3.8) is 0 Å². The van der Waals surface area contributed by atoms with Crippen LogP contribution in [-0.2, 0) is 6.54 Å². The highest BCUT2D eigenvalue weighted by Gasteiger charge is 1.99. The van der Waals surface area contributed by atoms with Crippen molar-refractivity contribution in [3.8, 4) is 5.75 Å². The van der Waals surface area contributed by atoms with Crippen LogP contribution in [0.1, 0.15) is 11.1 Å². The maximum absolute atomic E-state index is 5.28. The number of hydrogen-bond acceptors (Lipinski definition) is 3. The molecule has 0 saturated carbocycles. The Morgan fingerprint density at radius 2 is 2.05 bits per heavy atom. The topological polar surface area (TPSA) is 33.6 Å². The largest absolute Gasteiger partial charge is 0.496 e. The van der Waals surface area contributed by atoms with Crippen molar-refractivity contribution < 1.29 is 4.74 Å². The van der Waals surface area contributed by atoms with Crippen molar-refractivity contribution in [2.45, 2.75) is 6.54 Å². The summed E-state index contributed by atoms with van der Waals surface area (Å²) in [4.78, 5) is 0. The summed E-state index contributed by atoms with van der Waals surface area (Å²) in [5.41, 5.74) is 5.14. The summed E-state index contributed by atoms with van der Waals surface area (Å²) in [5, 5.41) is 4.20. The number of rotatable bonds is 5. The number of nitrogens with zero attached hydrogens (tertiary/aromatic N) is 1. The van der Waals surface area contributed by atoms with Crippen LogP contribution in [0, 0.1) is 0 Å². The summed E-state index contributed by atoms with van der Waals surface area (Å²) < 4.78 is 6.32. The first-order chi connectivity index (χ1) is 9.29. The lowest BCUT2D eigenvalue weighted by atomic mass is 10.2. The minimum atomic E-state index is 0.633. The smallest absolute Gasteiger partial charge is 0.123 e. The predicted molar refractivity (Wildman–Crippen MR) is 81.6 cm³/mol. The summed E-state index contributed by atoms with van der Waals surface area (Å²) in [7, 11) is 1.67. The van der Waals surface area contributed by atoms with Crippen LogP contribution in [0.2, 0.25) is 0 Å². The molecule has 0 saturated heterocycles. The Labute approximate surface area is 121 Å². The average molecular weight is 319 g/mol. The number of para-hydroxylation sites is 1. The van der Waals surface area contributed by atoms with Crippen molar-refractivity contribution in [2.24, 2.45) is 5.10 Å². The van der Waals surface area contributed by atoms with E-state index in [9.17, 15) is 0 Å². The number of halogens is 1. The van der Waals surface area contributed by atoms with Crippen molar-refractivity contribution >= 4 is 22.1 Å². The molecule has 1 N–H and O–H groups in total. The van der Waals surface area contributed by atoms with Gasteiger partial charge in [-0.3, -0.25) is 0 Å². The molecule has 4 heteroatoms. The van der Waals surface area contributed by atoms with Crippen molar-refractivity contribution in [2.75, 3.05) is 7.11 Å². The lowest BCUT2D eigenvalue weighted by molar-refractivity contribution is 0.408. The molecule has 2 aromatic carbocycles. The average Bonchev–Trinajstić information content (AvgIpc) is 2.44. The van der Waals surface area contributed by atoms with E-state index < -0.39 is 0 Å². The van der Waals surface area contributed by atoms with Gasteiger partial charge in [0.1, 0.15) is 5.75 Å². The highest BCUT2D eigenvalue weighted by atomic mass is 79.9. The molecule has 0 spiro atoms. The summed E-state index contributed by atoms with van der Waals surface area (Å²) in [6.45, 7) is 0.633. The van der Waals surface area contributed by atoms with E-state index in [-0.39, 0.29) is 0 Å². The summed E-state index contributed by atoms with van der Waals surface area (Å²) in [6.07, 6.45) is 1.79. The van der Waals surface area contributed by atoms with Crippen LogP contribution < -0.4 is 10.2 Å². The molecule has 0 heterocycles. The van der Waals surface area contributed by atoms with Crippen LogP contribution in [0.25, 0.3) is 0 Å². The van der Waals surface area contributed by atoms with Gasteiger partial charge in [-0.1, -0.05) is 46.3 Å². The second-order valence-corrected chi connectivity index (χ2v) is 4.88. The van der Waals surface area contributed by atoms with Crippen LogP contribution in [0.4, 0.5) is 0 Å². The van der Waals surface area contributed by atoms with E-state index in [1.165, 1.54) is 0 Å². The van der Waals surface area contributed by atoms with Gasteiger partial charge < -0.3 is 10.2 Å². The second-order valence-electron chi connectivity index (χ2n) is 3.96. The molecule has 0 bridgehead atoms. The zero-order valence-electron chi connectivity index (χ0n) is 10.6. The minimum absolute atomic E-state index is 0.633. The van der Waals surface area contributed by atoms with E-state index in [1.807, 2.05) is 48.5 Å². The minimum Gasteiger partial charge on any atom is -0.496 e. The Bertz CT molecular complexity index is 570. The van der Waals surface area contributed by atoms with E-state index in [1.54, 1.807) is 13.3 Å². The predicted octanol–water partition coefficient (Wildman–Crippen LogP) is 3.58. The monoisotopic (exact) mass is 318 g/mol. The Morgan fingerprint density at radius 1 is 1.21 bits per heavy atom. The normalized spacial score (nSPS) is 10.6. The first kappa shape index (κ1) is 13.6. The SMILES string of the molecule is COc1ccccc1CN/N=C/c1cccc(Br)c1. The quantitative estimate of drug-likeness (QED) is 0.675. The van der Waals surface area contributed by atoms with Crippen molar-refractivity contribution in [3.05, 3.63) is 64.1 Å². The lowest BCUT2D eigenvalue weighted by Gasteiger charge is -2.07. The second kappa shape index (κ2) is 6.95. The fourth-order valence-corrected chi connectivity index (χ4v) is 2.10. The Hall–Kier alpha value is -1.81. The van der Waals surface area contributed by atoms with Gasteiger partial charge in [0.05, 0.1) is 19.9 Å². The van der Waals surface area contributed by atoms with Crippen molar-refractivity contribution in [1.29, 1.82) is 0 Å². The van der Waals surface area contributed by atoms with Gasteiger partial charge in [0.15, 0.2) is 0 Å². The van der Waals surface area contributed by atoms with Crippen LogP contribution in [-0.4, -0.2) is 13.3 Å². The Kier molecular flexibility index (Phi) is 4.98. The molecule has 0 fully saturated rings. The highest BCUT2D eigenvalue weighted by Crippen LogP contribution is 2.16. The molecule has 0 aliphatic rings. The number of hydrazone groups is 1. The molecular formula is C15H15BrN2O. The molecule has 0 aliphatic heterocycles. The summed E-state index contributed by atoms with van der Waals surface area (Å²) >= 11 is 3.43. The van der Waals surface area contributed by atoms with Crippen molar-refractivity contribution in [1.82, 2.24) is 5.43 Å². The van der Waals surface area contributed by atoms with Gasteiger partial charge in [0.25, 0.3) is 0 Å². The first-order valence-electron chi connectivity index (χ1n) is 5.93. The molecule has 0 unspecified atom stereocenters. The molecule has 19 heavy (non-hydrogen) atoms. The van der Waals surface area contributed by atoms with Gasteiger partial charge in [-0.25, -0.2) is 0 Å². The zero-order valence-corrected chi connectivity index (χ0v) is 12.2. The highest BCUT2D eigenvalue weighted by molar-refractivity contribution is 9.10. The zero-order chi connectivity index (χ0) is 13.5. The first-order valence-corrected chi connectivity index (χ1v) is 6.72. The molecule has 2 aromatic rings. The van der Waals surface area contributed by atoms with Crippen LogP contribution in [0.15, 0.2) is 58.1 Å². The molecule has 0 aliphatic carbocycles. The molecular weight excluding hydrogens is 304 g/mol. The molecule has 98 valence electrons. The number of methoxy groups -OCH3 is 1. The van der Waals surface area contributed by atoms with Gasteiger partial charge >= 0.3 is 0 Å². The van der Waals surface area contributed by atoms with Gasteiger partial charge in [-0.2, -0.15) is 5.10 Å². The fourth-order valence-electron chi connectivity index (χ4n) is 1.69. The third-order valence-electron chi connectivity index (χ3n) is 2.62. The van der Waals surface area contributed by atoms with Crippen LogP contribution in [0.5, 0.6) is 5.75 Å². The van der Waals surface area contributed by atoms with Gasteiger partial charge in [-0.15, -0.1) is 0 Å². The molecule has 0 atom stereocenters. The lowest BCUT2D eigenvalue weighted by Crippen LogP contribution is -2.06. The Morgan fingerprint density at radius 3 is 2.84 bits per heavy atom. The number of hydrogen-bond donors (Lipinski definition) is 1. The van der Waals surface area contributed by atoms with E-state index in [2.05, 4.69) is 26.5 Å². The number of ether oxygens (including phenoxy) is 1. The molecule has 2 rings (SSSR count). The molecule has 0 radical (unpaired) electrons. The van der Waals surface area contributed by atoms with Crippen LogP contribution in [0.3, 0.4) is 0 Å². The third kappa shape index (κ3) is 4.10. The standard InChI is InChI=1S/C15H15BrN2O/c1-19-15-8-3-2-6-13(15)11-18-17-10-12-5-4-7-14(16)9-12/h2-10,18H,11H2,1H3/b17-10+. The summed E-state index contributed by atoms with van der Waals surface area (Å²) in [6, 6.07) is 15.9. The number of nitrogens with one attached hydrogen (secondary N) is 1. The van der Waals surface area contributed by atoms with E-state index in [0.717, 1.165) is 21.3 Å². The molecule has 0 aromatic heterocycles. The summed E-state index contributed by atoms with van der Waals surface area (Å²) in [5.74, 6) is 0.868. The fraction of sp³-hybridized carbons (Fsp3) is 0.133. The maximum atomic E-state index is 5.28. The van der Waals surface area contributed by atoms with Gasteiger partial charge in [0.2, 0.25) is 0 Å². The van der Waals surface area contributed by atoms with E-state index in [0.29, 0.717) is 6.54 Å². The van der Waals surface area contributed by atoms with Gasteiger partial charge in [0, 0.05) is 10.0 Å². The van der Waals surface area contributed by atoms with E-state index >= 15 is 0 Å². The molecule has 0 amide bonds. The Balaban J connectivity index is 1.93. The number of benzene rings is 2. The van der Waals surface area contributed by atoms with Crippen LogP contribution >= 0.6 is 15.9 Å². The third-order valence-corrected chi connectivity index (χ3v) is 3.11. The maximum Gasteiger partial charge on any atom is 0.123 e. The van der Waals surface area contributed by atoms with Gasteiger partial charge in [-0.05, 0) is 23.8 Å². The van der Waals surface area contributed by atoms with E-state index in [4.69, 9.17) is 4.74 Å². The molecule has 3 nitrogen and oxygen atoms in total.